The Morgan fingerprint density at radius 1 is 1.30 bits per heavy atom. The first-order valence-corrected chi connectivity index (χ1v) is 7.06. The molecular weight excluding hydrogens is 256 g/mol. The molecular formula is C14H16N4O2. The van der Waals surface area contributed by atoms with Crippen molar-refractivity contribution in [2.24, 2.45) is 11.8 Å². The smallest absolute Gasteiger partial charge is 0.286 e. The zero-order valence-electron chi connectivity index (χ0n) is 11.1. The summed E-state index contributed by atoms with van der Waals surface area (Å²) in [6.07, 6.45) is 6.95. The monoisotopic (exact) mass is 272 g/mol. The summed E-state index contributed by atoms with van der Waals surface area (Å²) in [5, 5.41) is 9.97. The number of rotatable bonds is 2. The molecule has 1 amide bonds. The highest BCUT2D eigenvalue weighted by Crippen LogP contribution is 2.37. The number of carbonyl (C=O) groups excluding carboxylic acids is 1. The van der Waals surface area contributed by atoms with Crippen molar-refractivity contribution in [1.29, 1.82) is 0 Å². The molecule has 1 aliphatic carbocycles. The van der Waals surface area contributed by atoms with Gasteiger partial charge in [-0.2, -0.15) is 0 Å². The van der Waals surface area contributed by atoms with Crippen LogP contribution in [0.4, 0.5) is 0 Å². The molecule has 0 aromatic carbocycles. The first-order chi connectivity index (χ1) is 9.81. The van der Waals surface area contributed by atoms with Crippen molar-refractivity contribution in [2.75, 3.05) is 13.1 Å². The highest BCUT2D eigenvalue weighted by Gasteiger charge is 2.37. The van der Waals surface area contributed by atoms with Crippen LogP contribution in [-0.2, 0) is 0 Å². The van der Waals surface area contributed by atoms with Crippen LogP contribution in [0.2, 0.25) is 0 Å². The fraction of sp³-hybridized carbons (Fsp3) is 0.500. The second-order valence-electron chi connectivity index (χ2n) is 5.70. The van der Waals surface area contributed by atoms with Gasteiger partial charge in [-0.25, -0.2) is 5.01 Å². The van der Waals surface area contributed by atoms with Gasteiger partial charge in [-0.15, -0.1) is 10.2 Å². The van der Waals surface area contributed by atoms with Crippen LogP contribution in [0.5, 0.6) is 0 Å². The third-order valence-corrected chi connectivity index (χ3v) is 4.48. The molecule has 0 spiro atoms. The van der Waals surface area contributed by atoms with Crippen LogP contribution < -0.4 is 5.43 Å². The van der Waals surface area contributed by atoms with Crippen molar-refractivity contribution in [3.8, 4) is 11.3 Å². The Hall–Kier alpha value is -1.95. The van der Waals surface area contributed by atoms with Crippen molar-refractivity contribution < 1.29 is 9.21 Å². The minimum Gasteiger partial charge on any atom is -0.472 e. The van der Waals surface area contributed by atoms with Crippen LogP contribution in [0.15, 0.2) is 23.0 Å². The molecule has 4 aliphatic rings. The van der Waals surface area contributed by atoms with Gasteiger partial charge >= 0.3 is 0 Å². The van der Waals surface area contributed by atoms with E-state index in [9.17, 15) is 4.79 Å². The number of hydrazine groups is 1. The Bertz CT molecular complexity index is 599. The van der Waals surface area contributed by atoms with Gasteiger partial charge in [0.1, 0.15) is 12.0 Å². The van der Waals surface area contributed by atoms with Crippen molar-refractivity contribution in [2.45, 2.75) is 19.3 Å². The summed E-state index contributed by atoms with van der Waals surface area (Å²) in [5.41, 5.74) is 4.62. The lowest BCUT2D eigenvalue weighted by Crippen LogP contribution is -2.41. The summed E-state index contributed by atoms with van der Waals surface area (Å²) >= 11 is 0. The van der Waals surface area contributed by atoms with Crippen molar-refractivity contribution in [3.63, 3.8) is 0 Å². The molecule has 2 fully saturated rings. The zero-order chi connectivity index (χ0) is 13.5. The van der Waals surface area contributed by atoms with Gasteiger partial charge in [0, 0.05) is 19.2 Å². The Balaban J connectivity index is 1.48. The molecule has 1 saturated heterocycles. The summed E-state index contributed by atoms with van der Waals surface area (Å²) in [7, 11) is 0. The van der Waals surface area contributed by atoms with Crippen LogP contribution in [0.1, 0.15) is 29.8 Å². The van der Waals surface area contributed by atoms with E-state index in [1.165, 1.54) is 31.8 Å². The van der Waals surface area contributed by atoms with Gasteiger partial charge in [0.2, 0.25) is 0 Å². The van der Waals surface area contributed by atoms with Crippen molar-refractivity contribution >= 4 is 5.91 Å². The lowest BCUT2D eigenvalue weighted by molar-refractivity contribution is 0.0810. The number of hydrogen-bond acceptors (Lipinski definition) is 5. The first kappa shape index (κ1) is 11.8. The summed E-state index contributed by atoms with van der Waals surface area (Å²) in [4.78, 5) is 12.3. The summed E-state index contributed by atoms with van der Waals surface area (Å²) < 4.78 is 5.10. The molecule has 1 saturated carbocycles. The van der Waals surface area contributed by atoms with Crippen LogP contribution >= 0.6 is 0 Å². The number of carbonyl (C=O) groups is 1. The van der Waals surface area contributed by atoms with E-state index < -0.39 is 0 Å². The second-order valence-corrected chi connectivity index (χ2v) is 5.70. The normalized spacial score (nSPS) is 26.0. The molecule has 0 aromatic rings. The maximum atomic E-state index is 12.3. The molecule has 0 bridgehead atoms. The number of hydrogen-bond donors (Lipinski definition) is 1. The number of nitrogens with zero attached hydrogens (tertiary/aromatic N) is 3. The number of fused-ring (bicyclic) bond motifs is 2. The number of nitrogens with one attached hydrogen (secondary N) is 1. The van der Waals surface area contributed by atoms with Crippen LogP contribution in [-0.4, -0.2) is 34.2 Å². The fourth-order valence-corrected chi connectivity index (χ4v) is 3.47. The molecule has 3 aliphatic heterocycles. The van der Waals surface area contributed by atoms with Crippen LogP contribution in [0.3, 0.4) is 0 Å². The molecule has 2 atom stereocenters. The maximum Gasteiger partial charge on any atom is 0.286 e. The number of aromatic nitrogens is 2. The van der Waals surface area contributed by atoms with Gasteiger partial charge in [0.05, 0.1) is 11.8 Å². The summed E-state index contributed by atoms with van der Waals surface area (Å²) in [6.45, 7) is 1.90. The van der Waals surface area contributed by atoms with Gasteiger partial charge < -0.3 is 4.42 Å². The lowest BCUT2D eigenvalue weighted by Gasteiger charge is -2.17. The van der Waals surface area contributed by atoms with Crippen LogP contribution in [0, 0.1) is 11.8 Å². The van der Waals surface area contributed by atoms with Gasteiger partial charge in [-0.3, -0.25) is 10.2 Å². The van der Waals surface area contributed by atoms with E-state index >= 15 is 0 Å². The first-order valence-electron chi connectivity index (χ1n) is 7.06. The third kappa shape index (κ3) is 1.87. The SMILES string of the molecule is O=C(NN1CC2CCCC2C1)c1nnc2ccocc1-2. The molecule has 4 rings (SSSR count). The molecule has 3 heterocycles. The Morgan fingerprint density at radius 3 is 2.90 bits per heavy atom. The molecule has 20 heavy (non-hydrogen) atoms. The van der Waals surface area contributed by atoms with E-state index in [4.69, 9.17) is 4.42 Å². The number of amides is 1. The average Bonchev–Trinajstić information content (AvgIpc) is 3.10. The minimum absolute atomic E-state index is 0.200. The van der Waals surface area contributed by atoms with E-state index in [-0.39, 0.29) is 5.91 Å². The predicted molar refractivity (Wildman–Crippen MR) is 70.8 cm³/mol. The van der Waals surface area contributed by atoms with Gasteiger partial charge in [-0.1, -0.05) is 6.42 Å². The van der Waals surface area contributed by atoms with Gasteiger partial charge in [0.15, 0.2) is 5.69 Å². The molecule has 2 unspecified atom stereocenters. The fourth-order valence-electron chi connectivity index (χ4n) is 3.47. The Labute approximate surface area is 116 Å². The summed E-state index contributed by atoms with van der Waals surface area (Å²) in [6, 6.07) is 1.71. The van der Waals surface area contributed by atoms with Crippen molar-refractivity contribution in [3.05, 3.63) is 24.3 Å². The molecule has 0 radical (unpaired) electrons. The third-order valence-electron chi connectivity index (χ3n) is 4.48. The zero-order valence-corrected chi connectivity index (χ0v) is 11.1. The Morgan fingerprint density at radius 2 is 2.10 bits per heavy atom. The van der Waals surface area contributed by atoms with Crippen molar-refractivity contribution in [1.82, 2.24) is 20.6 Å². The lowest BCUT2D eigenvalue weighted by atomic mass is 10.0. The quantitative estimate of drug-likeness (QED) is 0.898. The molecule has 6 nitrogen and oxygen atoms in total. The Kier molecular flexibility index (Phi) is 2.70. The van der Waals surface area contributed by atoms with Crippen LogP contribution in [0.25, 0.3) is 11.3 Å². The largest absolute Gasteiger partial charge is 0.472 e. The minimum atomic E-state index is -0.200. The highest BCUT2D eigenvalue weighted by molar-refractivity contribution is 5.98. The van der Waals surface area contributed by atoms with E-state index in [1.54, 1.807) is 6.07 Å². The topological polar surface area (TPSA) is 71.3 Å². The van der Waals surface area contributed by atoms with E-state index in [2.05, 4.69) is 15.6 Å². The summed E-state index contributed by atoms with van der Waals surface area (Å²) in [5.74, 6) is 1.29. The standard InChI is InChI=1S/C14H16N4O2/c19-14(13-11-8-20-5-4-12(11)15-16-13)17-18-6-9-2-1-3-10(9)7-18/h4-5,8-10H,1-3,6-7H2,(H,17,19). The average molecular weight is 272 g/mol. The second kappa shape index (κ2) is 4.56. The molecule has 104 valence electrons. The van der Waals surface area contributed by atoms with E-state index in [0.717, 1.165) is 24.9 Å². The predicted octanol–water partition coefficient (Wildman–Crippen LogP) is 1.55. The highest BCUT2D eigenvalue weighted by atomic mass is 16.3. The molecule has 6 heteroatoms. The molecule has 0 aromatic heterocycles. The van der Waals surface area contributed by atoms with Gasteiger partial charge in [0.25, 0.3) is 5.91 Å². The van der Waals surface area contributed by atoms with E-state index in [0.29, 0.717) is 17.0 Å². The van der Waals surface area contributed by atoms with E-state index in [1.807, 2.05) is 5.01 Å². The molecule has 1 N–H and O–H groups in total. The van der Waals surface area contributed by atoms with Gasteiger partial charge in [-0.05, 0) is 24.7 Å². The maximum absolute atomic E-state index is 12.3.